The molecule has 0 aliphatic carbocycles. The van der Waals surface area contributed by atoms with E-state index in [4.69, 9.17) is 4.74 Å². The van der Waals surface area contributed by atoms with Crippen LogP contribution in [0.5, 0.6) is 5.75 Å². The van der Waals surface area contributed by atoms with Crippen molar-refractivity contribution < 1.29 is 9.53 Å². The fourth-order valence-electron chi connectivity index (χ4n) is 3.30. The van der Waals surface area contributed by atoms with Gasteiger partial charge in [-0.15, -0.1) is 0 Å². The van der Waals surface area contributed by atoms with Crippen molar-refractivity contribution in [1.82, 2.24) is 14.7 Å². The van der Waals surface area contributed by atoms with E-state index in [0.29, 0.717) is 11.5 Å². The molecule has 1 aliphatic heterocycles. The summed E-state index contributed by atoms with van der Waals surface area (Å²) in [4.78, 5) is 14.4. The highest BCUT2D eigenvalue weighted by Crippen LogP contribution is 2.24. The number of ether oxygens (including phenoxy) is 1. The number of amides is 1. The number of rotatable bonds is 5. The van der Waals surface area contributed by atoms with Gasteiger partial charge < -0.3 is 9.64 Å². The molecule has 0 bridgehead atoms. The molecule has 0 spiro atoms. The number of benzene rings is 1. The van der Waals surface area contributed by atoms with Crippen LogP contribution in [-0.4, -0.2) is 40.8 Å². The predicted octanol–water partition coefficient (Wildman–Crippen LogP) is 2.91. The van der Waals surface area contributed by atoms with Gasteiger partial charge in [-0.05, 0) is 49.3 Å². The summed E-state index contributed by atoms with van der Waals surface area (Å²) in [5, 5.41) is 4.08. The lowest BCUT2D eigenvalue weighted by molar-refractivity contribution is 0.0687. The first kappa shape index (κ1) is 16.6. The number of hydrogen-bond acceptors (Lipinski definition) is 3. The van der Waals surface area contributed by atoms with E-state index in [9.17, 15) is 4.79 Å². The first-order chi connectivity index (χ1) is 11.7. The predicted molar refractivity (Wildman–Crippen MR) is 93.2 cm³/mol. The van der Waals surface area contributed by atoms with Crippen LogP contribution in [-0.2, 0) is 13.5 Å². The Balaban J connectivity index is 1.45. The summed E-state index contributed by atoms with van der Waals surface area (Å²) in [5.41, 5.74) is 2.04. The van der Waals surface area contributed by atoms with Gasteiger partial charge in [0, 0.05) is 26.3 Å². The Morgan fingerprint density at radius 3 is 2.54 bits per heavy atom. The van der Waals surface area contributed by atoms with Crippen LogP contribution in [0.15, 0.2) is 36.7 Å². The lowest BCUT2D eigenvalue weighted by Crippen LogP contribution is -2.38. The van der Waals surface area contributed by atoms with Crippen molar-refractivity contribution in [2.75, 3.05) is 20.2 Å². The van der Waals surface area contributed by atoms with Crippen LogP contribution in [0, 0.1) is 5.92 Å². The topological polar surface area (TPSA) is 47.4 Å². The fourth-order valence-corrected chi connectivity index (χ4v) is 3.30. The molecule has 0 saturated carbocycles. The monoisotopic (exact) mass is 327 g/mol. The van der Waals surface area contributed by atoms with Crippen molar-refractivity contribution in [3.8, 4) is 5.75 Å². The highest BCUT2D eigenvalue weighted by atomic mass is 16.5. The van der Waals surface area contributed by atoms with Crippen LogP contribution >= 0.6 is 0 Å². The highest BCUT2D eigenvalue weighted by molar-refractivity contribution is 5.93. The van der Waals surface area contributed by atoms with Crippen LogP contribution in [0.25, 0.3) is 0 Å². The van der Waals surface area contributed by atoms with Gasteiger partial charge >= 0.3 is 0 Å². The largest absolute Gasteiger partial charge is 0.497 e. The van der Waals surface area contributed by atoms with Gasteiger partial charge in [-0.25, -0.2) is 0 Å². The quantitative estimate of drug-likeness (QED) is 0.848. The van der Waals surface area contributed by atoms with Crippen molar-refractivity contribution >= 4 is 5.91 Å². The van der Waals surface area contributed by atoms with Crippen molar-refractivity contribution in [1.29, 1.82) is 0 Å². The van der Waals surface area contributed by atoms with Gasteiger partial charge in [0.25, 0.3) is 5.91 Å². The van der Waals surface area contributed by atoms with E-state index in [-0.39, 0.29) is 5.91 Å². The standard InChI is InChI=1S/C19H25N3O2/c1-21-14-17(13-20-21)19(23)22-11-9-16(10-12-22)4-3-15-5-7-18(24-2)8-6-15/h5-8,13-14,16H,3-4,9-12H2,1-2H3. The van der Waals surface area contributed by atoms with Gasteiger partial charge in [0.05, 0.1) is 18.9 Å². The Hall–Kier alpha value is -2.30. The van der Waals surface area contributed by atoms with Crippen LogP contribution in [0.4, 0.5) is 0 Å². The molecule has 1 saturated heterocycles. The summed E-state index contributed by atoms with van der Waals surface area (Å²) in [6, 6.07) is 8.31. The number of aromatic nitrogens is 2. The lowest BCUT2D eigenvalue weighted by Gasteiger charge is -2.31. The van der Waals surface area contributed by atoms with E-state index < -0.39 is 0 Å². The van der Waals surface area contributed by atoms with E-state index in [0.717, 1.165) is 38.1 Å². The first-order valence-electron chi connectivity index (χ1n) is 8.56. The number of likely N-dealkylation sites (tertiary alicyclic amines) is 1. The zero-order valence-corrected chi connectivity index (χ0v) is 14.4. The van der Waals surface area contributed by atoms with E-state index in [1.807, 2.05) is 24.1 Å². The molecule has 2 aromatic rings. The molecule has 24 heavy (non-hydrogen) atoms. The minimum Gasteiger partial charge on any atom is -0.497 e. The molecular weight excluding hydrogens is 302 g/mol. The molecule has 128 valence electrons. The molecule has 1 aromatic heterocycles. The molecule has 1 aromatic carbocycles. The van der Waals surface area contributed by atoms with Gasteiger partial charge in [-0.3, -0.25) is 9.48 Å². The molecule has 0 unspecified atom stereocenters. The van der Waals surface area contributed by atoms with Crippen LogP contribution in [0.2, 0.25) is 0 Å². The lowest BCUT2D eigenvalue weighted by atomic mass is 9.90. The van der Waals surface area contributed by atoms with Crippen LogP contribution < -0.4 is 4.74 Å². The van der Waals surface area contributed by atoms with Gasteiger partial charge in [0.1, 0.15) is 5.75 Å². The summed E-state index contributed by atoms with van der Waals surface area (Å²) in [6.07, 6.45) is 7.88. The number of hydrogen-bond donors (Lipinski definition) is 0. The summed E-state index contributed by atoms with van der Waals surface area (Å²) < 4.78 is 6.87. The summed E-state index contributed by atoms with van der Waals surface area (Å²) in [5.74, 6) is 1.71. The number of carbonyl (C=O) groups excluding carboxylic acids is 1. The average Bonchev–Trinajstić information content (AvgIpc) is 3.06. The Bertz CT molecular complexity index is 670. The zero-order chi connectivity index (χ0) is 16.9. The Labute approximate surface area is 143 Å². The van der Waals surface area contributed by atoms with E-state index >= 15 is 0 Å². The van der Waals surface area contributed by atoms with Crippen molar-refractivity contribution in [2.45, 2.75) is 25.7 Å². The maximum absolute atomic E-state index is 12.4. The molecule has 3 rings (SSSR count). The summed E-state index contributed by atoms with van der Waals surface area (Å²) in [7, 11) is 3.53. The average molecular weight is 327 g/mol. The zero-order valence-electron chi connectivity index (χ0n) is 14.4. The second-order valence-corrected chi connectivity index (χ2v) is 6.53. The number of carbonyl (C=O) groups is 1. The third-order valence-electron chi connectivity index (χ3n) is 4.85. The molecule has 5 nitrogen and oxygen atoms in total. The molecule has 2 heterocycles. The third-order valence-corrected chi connectivity index (χ3v) is 4.85. The first-order valence-corrected chi connectivity index (χ1v) is 8.56. The molecule has 5 heteroatoms. The summed E-state index contributed by atoms with van der Waals surface area (Å²) >= 11 is 0. The fraction of sp³-hybridized carbons (Fsp3) is 0.474. The number of methoxy groups -OCH3 is 1. The molecule has 1 fully saturated rings. The van der Waals surface area contributed by atoms with Crippen molar-refractivity contribution in [2.24, 2.45) is 13.0 Å². The highest BCUT2D eigenvalue weighted by Gasteiger charge is 2.24. The number of nitrogens with zero attached hydrogens (tertiary/aromatic N) is 3. The molecule has 0 N–H and O–H groups in total. The van der Waals surface area contributed by atoms with Crippen LogP contribution in [0.3, 0.4) is 0 Å². The molecule has 0 atom stereocenters. The van der Waals surface area contributed by atoms with Crippen molar-refractivity contribution in [3.05, 3.63) is 47.8 Å². The van der Waals surface area contributed by atoms with Gasteiger partial charge in [-0.2, -0.15) is 5.10 Å². The van der Waals surface area contributed by atoms with Crippen molar-refractivity contribution in [3.63, 3.8) is 0 Å². The SMILES string of the molecule is COc1ccc(CCC2CCN(C(=O)c3cnn(C)c3)CC2)cc1. The number of piperidine rings is 1. The van der Waals surface area contributed by atoms with Crippen LogP contribution in [0.1, 0.15) is 35.2 Å². The molecule has 1 amide bonds. The normalized spacial score (nSPS) is 15.5. The molecular formula is C19H25N3O2. The van der Waals surface area contributed by atoms with E-state index in [2.05, 4.69) is 17.2 Å². The Kier molecular flexibility index (Phi) is 5.18. The van der Waals surface area contributed by atoms with E-state index in [1.54, 1.807) is 24.2 Å². The Morgan fingerprint density at radius 2 is 1.96 bits per heavy atom. The Morgan fingerprint density at radius 1 is 1.25 bits per heavy atom. The second-order valence-electron chi connectivity index (χ2n) is 6.53. The van der Waals surface area contributed by atoms with Gasteiger partial charge in [0.15, 0.2) is 0 Å². The number of aryl methyl sites for hydroxylation is 2. The third kappa shape index (κ3) is 3.96. The summed E-state index contributed by atoms with van der Waals surface area (Å²) in [6.45, 7) is 1.70. The van der Waals surface area contributed by atoms with E-state index in [1.165, 1.54) is 12.0 Å². The maximum atomic E-state index is 12.4. The molecule has 1 aliphatic rings. The smallest absolute Gasteiger partial charge is 0.257 e. The minimum absolute atomic E-state index is 0.108. The van der Waals surface area contributed by atoms with Gasteiger partial charge in [0.2, 0.25) is 0 Å². The molecule has 0 radical (unpaired) electrons. The minimum atomic E-state index is 0.108. The van der Waals surface area contributed by atoms with Gasteiger partial charge in [-0.1, -0.05) is 12.1 Å². The maximum Gasteiger partial charge on any atom is 0.257 e. The second kappa shape index (κ2) is 7.51.